The maximum Gasteiger partial charge on any atom is 0.276 e. The summed E-state index contributed by atoms with van der Waals surface area (Å²) in [5, 5.41) is 7.33. The van der Waals surface area contributed by atoms with Crippen molar-refractivity contribution in [2.45, 2.75) is 20.0 Å². The van der Waals surface area contributed by atoms with Crippen molar-refractivity contribution in [1.29, 1.82) is 0 Å². The molecule has 3 aromatic rings. The molecule has 0 bridgehead atoms. The zero-order chi connectivity index (χ0) is 21.1. The number of carbonyl (C=O) groups excluding carboxylic acids is 2. The van der Waals surface area contributed by atoms with Crippen LogP contribution >= 0.6 is 12.2 Å². The Morgan fingerprint density at radius 3 is 2.60 bits per heavy atom. The van der Waals surface area contributed by atoms with Gasteiger partial charge >= 0.3 is 0 Å². The molecule has 152 valence electrons. The van der Waals surface area contributed by atoms with E-state index < -0.39 is 0 Å². The number of thiocarbonyl (C=S) groups is 1. The summed E-state index contributed by atoms with van der Waals surface area (Å²) in [6.07, 6.45) is 3.69. The Kier molecular flexibility index (Phi) is 5.63. The molecule has 1 aliphatic rings. The monoisotopic (exact) mass is 418 g/mol. The van der Waals surface area contributed by atoms with E-state index in [-0.39, 0.29) is 18.4 Å². The van der Waals surface area contributed by atoms with Crippen LogP contribution in [0.25, 0.3) is 17.0 Å². The first-order valence-electron chi connectivity index (χ1n) is 9.80. The van der Waals surface area contributed by atoms with Gasteiger partial charge in [-0.05, 0) is 36.8 Å². The zero-order valence-electron chi connectivity index (χ0n) is 16.6. The second-order valence-electron chi connectivity index (χ2n) is 7.03. The number of hydrogen-bond acceptors (Lipinski definition) is 3. The van der Waals surface area contributed by atoms with Crippen LogP contribution in [0.15, 0.2) is 66.5 Å². The Balaban J connectivity index is 1.57. The molecule has 7 heteroatoms. The highest BCUT2D eigenvalue weighted by molar-refractivity contribution is 7.80. The van der Waals surface area contributed by atoms with Gasteiger partial charge in [0.15, 0.2) is 5.11 Å². The van der Waals surface area contributed by atoms with Crippen LogP contribution in [0.2, 0.25) is 0 Å². The third-order valence-corrected chi connectivity index (χ3v) is 5.37. The summed E-state index contributed by atoms with van der Waals surface area (Å²) in [5.74, 6) is -0.216. The highest BCUT2D eigenvalue weighted by Gasteiger charge is 2.29. The molecule has 30 heavy (non-hydrogen) atoms. The minimum Gasteiger partial charge on any atom is -0.350 e. The lowest BCUT2D eigenvalue weighted by molar-refractivity contribution is -0.122. The molecule has 2 N–H and O–H groups in total. The first-order valence-corrected chi connectivity index (χ1v) is 10.2. The van der Waals surface area contributed by atoms with Crippen LogP contribution in [-0.4, -0.2) is 32.9 Å². The number of nitrogens with zero attached hydrogens (tertiary/aromatic N) is 2. The average molecular weight is 419 g/mol. The first-order chi connectivity index (χ1) is 14.6. The lowest BCUT2D eigenvalue weighted by Gasteiger charge is -2.08. The minimum atomic E-state index is -0.139. The molecule has 0 unspecified atom stereocenters. The van der Waals surface area contributed by atoms with E-state index in [4.69, 9.17) is 12.2 Å². The van der Waals surface area contributed by atoms with Crippen molar-refractivity contribution in [2.75, 3.05) is 6.54 Å². The Morgan fingerprint density at radius 2 is 1.87 bits per heavy atom. The van der Waals surface area contributed by atoms with Gasteiger partial charge in [0.05, 0.1) is 0 Å². The van der Waals surface area contributed by atoms with Crippen LogP contribution in [0.4, 0.5) is 0 Å². The molecule has 1 saturated heterocycles. The lowest BCUT2D eigenvalue weighted by atomic mass is 10.1. The minimum absolute atomic E-state index is 0.0767. The maximum atomic E-state index is 12.5. The number of nitrogens with one attached hydrogen (secondary N) is 2. The van der Waals surface area contributed by atoms with Gasteiger partial charge in [-0.1, -0.05) is 48.5 Å². The number of amides is 2. The van der Waals surface area contributed by atoms with E-state index in [1.54, 1.807) is 6.08 Å². The molecule has 0 spiro atoms. The van der Waals surface area contributed by atoms with Gasteiger partial charge in [-0.3, -0.25) is 14.5 Å². The van der Waals surface area contributed by atoms with Crippen LogP contribution < -0.4 is 10.6 Å². The number of fused-ring (bicyclic) bond motifs is 1. The fraction of sp³-hybridized carbons (Fsp3) is 0.174. The number of rotatable bonds is 6. The topological polar surface area (TPSA) is 66.4 Å². The quantitative estimate of drug-likeness (QED) is 0.477. The standard InChI is InChI=1S/C23H22N4O2S/c1-2-27-22(29)19(25-23(27)30)12-17-14-26(20-11-7-6-10-18(17)20)15-21(28)24-13-16-8-4-3-5-9-16/h3-12,14H,2,13,15H2,1H3,(H,24,28)(H,25,30)/b19-12-. The summed E-state index contributed by atoms with van der Waals surface area (Å²) in [4.78, 5) is 26.6. The number of aromatic nitrogens is 1. The molecule has 0 saturated carbocycles. The molecule has 0 aliphatic carbocycles. The van der Waals surface area contributed by atoms with E-state index in [9.17, 15) is 9.59 Å². The predicted molar refractivity (Wildman–Crippen MR) is 121 cm³/mol. The molecule has 2 aromatic carbocycles. The largest absolute Gasteiger partial charge is 0.350 e. The predicted octanol–water partition coefficient (Wildman–Crippen LogP) is 3.04. The fourth-order valence-corrected chi connectivity index (χ4v) is 3.86. The van der Waals surface area contributed by atoms with Crippen LogP contribution in [0.3, 0.4) is 0 Å². The molecular weight excluding hydrogens is 396 g/mol. The number of likely N-dealkylation sites (N-methyl/N-ethyl adjacent to an activating group) is 1. The van der Waals surface area contributed by atoms with Crippen molar-refractivity contribution >= 4 is 46.1 Å². The van der Waals surface area contributed by atoms with Gasteiger partial charge in [0.25, 0.3) is 5.91 Å². The van der Waals surface area contributed by atoms with Crippen LogP contribution in [0.1, 0.15) is 18.1 Å². The van der Waals surface area contributed by atoms with Crippen LogP contribution in [0, 0.1) is 0 Å². The molecular formula is C23H22N4O2S. The molecule has 2 heterocycles. The molecule has 0 atom stereocenters. The van der Waals surface area contributed by atoms with Gasteiger partial charge < -0.3 is 15.2 Å². The van der Waals surface area contributed by atoms with Gasteiger partial charge in [-0.2, -0.15) is 0 Å². The molecule has 0 radical (unpaired) electrons. The fourth-order valence-electron chi connectivity index (χ4n) is 3.54. The van der Waals surface area contributed by atoms with Crippen LogP contribution in [0.5, 0.6) is 0 Å². The Labute approximate surface area is 180 Å². The van der Waals surface area contributed by atoms with Gasteiger partial charge in [0.2, 0.25) is 5.91 Å². The molecule has 1 fully saturated rings. The maximum absolute atomic E-state index is 12.5. The van der Waals surface area contributed by atoms with Crippen molar-refractivity contribution in [3.8, 4) is 0 Å². The highest BCUT2D eigenvalue weighted by atomic mass is 32.1. The number of benzene rings is 2. The van der Waals surface area contributed by atoms with Crippen molar-refractivity contribution in [3.63, 3.8) is 0 Å². The van der Waals surface area contributed by atoms with Gasteiger partial charge in [-0.25, -0.2) is 0 Å². The molecule has 1 aliphatic heterocycles. The smallest absolute Gasteiger partial charge is 0.276 e. The summed E-state index contributed by atoms with van der Waals surface area (Å²) >= 11 is 5.23. The molecule has 6 nitrogen and oxygen atoms in total. The summed E-state index contributed by atoms with van der Waals surface area (Å²) in [6.45, 7) is 3.08. The molecule has 4 rings (SSSR count). The normalized spacial score (nSPS) is 15.1. The van der Waals surface area contributed by atoms with Gasteiger partial charge in [0, 0.05) is 35.8 Å². The van der Waals surface area contributed by atoms with E-state index >= 15 is 0 Å². The third kappa shape index (κ3) is 3.97. The molecule has 2 amide bonds. The Bertz CT molecular complexity index is 1150. The second kappa shape index (κ2) is 8.51. The first kappa shape index (κ1) is 19.8. The summed E-state index contributed by atoms with van der Waals surface area (Å²) < 4.78 is 1.90. The summed E-state index contributed by atoms with van der Waals surface area (Å²) in [6, 6.07) is 17.6. The van der Waals surface area contributed by atoms with E-state index in [2.05, 4.69) is 10.6 Å². The van der Waals surface area contributed by atoms with Crippen molar-refractivity contribution in [1.82, 2.24) is 20.1 Å². The SMILES string of the molecule is CCN1C(=O)/C(=C/c2cn(CC(=O)NCc3ccccc3)c3ccccc23)NC1=S. The highest BCUT2D eigenvalue weighted by Crippen LogP contribution is 2.24. The zero-order valence-corrected chi connectivity index (χ0v) is 17.4. The average Bonchev–Trinajstić information content (AvgIpc) is 3.24. The number of hydrogen-bond donors (Lipinski definition) is 2. The van der Waals surface area contributed by atoms with Crippen molar-refractivity contribution in [3.05, 3.63) is 77.6 Å². The molecule has 1 aromatic heterocycles. The van der Waals surface area contributed by atoms with Gasteiger partial charge in [-0.15, -0.1) is 0 Å². The van der Waals surface area contributed by atoms with Crippen molar-refractivity contribution < 1.29 is 9.59 Å². The Morgan fingerprint density at radius 1 is 1.13 bits per heavy atom. The number of para-hydroxylation sites is 1. The van der Waals surface area contributed by atoms with E-state index in [1.165, 1.54) is 4.90 Å². The van der Waals surface area contributed by atoms with Crippen molar-refractivity contribution in [2.24, 2.45) is 0 Å². The summed E-state index contributed by atoms with van der Waals surface area (Å²) in [5.41, 5.74) is 3.28. The van der Waals surface area contributed by atoms with E-state index in [0.29, 0.717) is 23.9 Å². The van der Waals surface area contributed by atoms with Gasteiger partial charge in [0.1, 0.15) is 12.2 Å². The third-order valence-electron chi connectivity index (χ3n) is 5.04. The van der Waals surface area contributed by atoms with E-state index in [1.807, 2.05) is 72.3 Å². The summed E-state index contributed by atoms with van der Waals surface area (Å²) in [7, 11) is 0. The second-order valence-corrected chi connectivity index (χ2v) is 7.42. The Hall–Kier alpha value is -3.45. The number of carbonyl (C=O) groups is 2. The van der Waals surface area contributed by atoms with E-state index in [0.717, 1.165) is 22.0 Å². The van der Waals surface area contributed by atoms with Crippen LogP contribution in [-0.2, 0) is 22.7 Å². The lowest BCUT2D eigenvalue weighted by Crippen LogP contribution is -2.30.